The third-order valence-corrected chi connectivity index (χ3v) is 3.81. The highest BCUT2D eigenvalue weighted by molar-refractivity contribution is 5.94. The molecule has 2 unspecified atom stereocenters. The Labute approximate surface area is 107 Å². The molecule has 0 bridgehead atoms. The third kappa shape index (κ3) is 2.53. The Morgan fingerprint density at radius 1 is 1.50 bits per heavy atom. The summed E-state index contributed by atoms with van der Waals surface area (Å²) >= 11 is 0. The minimum atomic E-state index is -0.379. The van der Waals surface area contributed by atoms with Gasteiger partial charge in [-0.1, -0.05) is 12.5 Å². The van der Waals surface area contributed by atoms with Gasteiger partial charge in [-0.05, 0) is 43.5 Å². The van der Waals surface area contributed by atoms with E-state index in [4.69, 9.17) is 5.73 Å². The summed E-state index contributed by atoms with van der Waals surface area (Å²) in [6, 6.07) is 6.02. The Kier molecular flexibility index (Phi) is 3.97. The minimum Gasteiger partial charge on any atom is -0.338 e. The monoisotopic (exact) mass is 250 g/mol. The van der Waals surface area contributed by atoms with E-state index in [9.17, 15) is 9.18 Å². The van der Waals surface area contributed by atoms with Crippen molar-refractivity contribution in [2.45, 2.75) is 25.3 Å². The summed E-state index contributed by atoms with van der Waals surface area (Å²) in [5.41, 5.74) is 6.13. The Hall–Kier alpha value is -1.42. The van der Waals surface area contributed by atoms with Crippen LogP contribution >= 0.6 is 0 Å². The third-order valence-electron chi connectivity index (χ3n) is 3.81. The number of nitrogens with zero attached hydrogens (tertiary/aromatic N) is 1. The van der Waals surface area contributed by atoms with Gasteiger partial charge in [0.1, 0.15) is 5.82 Å². The van der Waals surface area contributed by atoms with Crippen LogP contribution < -0.4 is 5.73 Å². The SMILES string of the molecule is CN(C(=O)c1cccc(F)c1)C1CCCC1CN. The van der Waals surface area contributed by atoms with E-state index in [1.54, 1.807) is 24.1 Å². The van der Waals surface area contributed by atoms with Gasteiger partial charge in [0.25, 0.3) is 5.91 Å². The van der Waals surface area contributed by atoms with Gasteiger partial charge in [-0.3, -0.25) is 4.79 Å². The summed E-state index contributed by atoms with van der Waals surface area (Å²) in [4.78, 5) is 14.0. The van der Waals surface area contributed by atoms with Gasteiger partial charge in [0, 0.05) is 18.7 Å². The lowest BCUT2D eigenvalue weighted by Gasteiger charge is -2.29. The minimum absolute atomic E-state index is 0.125. The van der Waals surface area contributed by atoms with Crippen LogP contribution in [0, 0.1) is 11.7 Å². The summed E-state index contributed by atoms with van der Waals surface area (Å²) in [6.07, 6.45) is 3.16. The maximum Gasteiger partial charge on any atom is 0.253 e. The van der Waals surface area contributed by atoms with E-state index >= 15 is 0 Å². The van der Waals surface area contributed by atoms with Crippen LogP contribution in [0.25, 0.3) is 0 Å². The summed E-state index contributed by atoms with van der Waals surface area (Å²) in [7, 11) is 1.78. The smallest absolute Gasteiger partial charge is 0.253 e. The van der Waals surface area contributed by atoms with Gasteiger partial charge < -0.3 is 10.6 Å². The van der Waals surface area contributed by atoms with Gasteiger partial charge >= 0.3 is 0 Å². The maximum atomic E-state index is 13.1. The van der Waals surface area contributed by atoms with Crippen LogP contribution in [-0.4, -0.2) is 30.4 Å². The van der Waals surface area contributed by atoms with Crippen molar-refractivity contribution < 1.29 is 9.18 Å². The number of benzene rings is 1. The Morgan fingerprint density at radius 2 is 2.28 bits per heavy atom. The van der Waals surface area contributed by atoms with Gasteiger partial charge in [0.15, 0.2) is 0 Å². The van der Waals surface area contributed by atoms with Crippen molar-refractivity contribution >= 4 is 5.91 Å². The molecular weight excluding hydrogens is 231 g/mol. The predicted octanol–water partition coefficient (Wildman–Crippen LogP) is 2.03. The Balaban J connectivity index is 2.13. The van der Waals surface area contributed by atoms with Crippen molar-refractivity contribution in [3.63, 3.8) is 0 Å². The highest BCUT2D eigenvalue weighted by atomic mass is 19.1. The van der Waals surface area contributed by atoms with Crippen molar-refractivity contribution in [1.82, 2.24) is 4.90 Å². The predicted molar refractivity (Wildman–Crippen MR) is 68.7 cm³/mol. The number of rotatable bonds is 3. The number of carbonyl (C=O) groups excluding carboxylic acids is 1. The van der Waals surface area contributed by atoms with Crippen molar-refractivity contribution in [1.29, 1.82) is 0 Å². The number of hydrogen-bond donors (Lipinski definition) is 1. The largest absolute Gasteiger partial charge is 0.338 e. The fraction of sp³-hybridized carbons (Fsp3) is 0.500. The number of hydrogen-bond acceptors (Lipinski definition) is 2. The van der Waals surface area contributed by atoms with E-state index in [0.717, 1.165) is 19.3 Å². The van der Waals surface area contributed by atoms with Crippen LogP contribution in [0.4, 0.5) is 4.39 Å². The molecule has 0 aromatic heterocycles. The number of carbonyl (C=O) groups is 1. The average Bonchev–Trinajstić information content (AvgIpc) is 2.85. The molecule has 18 heavy (non-hydrogen) atoms. The highest BCUT2D eigenvalue weighted by Gasteiger charge is 2.32. The van der Waals surface area contributed by atoms with E-state index in [-0.39, 0.29) is 17.8 Å². The number of halogens is 1. The highest BCUT2D eigenvalue weighted by Crippen LogP contribution is 2.29. The molecule has 2 atom stereocenters. The van der Waals surface area contributed by atoms with Gasteiger partial charge in [-0.15, -0.1) is 0 Å². The second kappa shape index (κ2) is 5.48. The van der Waals surface area contributed by atoms with Crippen LogP contribution in [0.3, 0.4) is 0 Å². The summed E-state index contributed by atoms with van der Waals surface area (Å²) in [5, 5.41) is 0. The van der Waals surface area contributed by atoms with E-state index in [1.165, 1.54) is 12.1 Å². The molecule has 1 aromatic carbocycles. The number of amides is 1. The second-order valence-electron chi connectivity index (χ2n) is 4.92. The van der Waals surface area contributed by atoms with Crippen molar-refractivity contribution in [2.75, 3.05) is 13.6 Å². The van der Waals surface area contributed by atoms with Gasteiger partial charge in [0.05, 0.1) is 0 Å². The molecular formula is C14H19FN2O. The molecule has 3 nitrogen and oxygen atoms in total. The zero-order valence-corrected chi connectivity index (χ0v) is 10.6. The normalized spacial score (nSPS) is 23.1. The quantitative estimate of drug-likeness (QED) is 0.892. The van der Waals surface area contributed by atoms with Crippen LogP contribution in [0.5, 0.6) is 0 Å². The number of nitrogens with two attached hydrogens (primary N) is 1. The molecule has 1 amide bonds. The zero-order valence-electron chi connectivity index (χ0n) is 10.6. The molecule has 1 aliphatic carbocycles. The summed E-state index contributed by atoms with van der Waals surface area (Å²) in [5.74, 6) is -0.136. The molecule has 4 heteroatoms. The summed E-state index contributed by atoms with van der Waals surface area (Å²) < 4.78 is 13.1. The lowest BCUT2D eigenvalue weighted by Crippen LogP contribution is -2.41. The first-order valence-corrected chi connectivity index (χ1v) is 6.36. The van der Waals surface area contributed by atoms with E-state index in [2.05, 4.69) is 0 Å². The fourth-order valence-electron chi connectivity index (χ4n) is 2.78. The fourth-order valence-corrected chi connectivity index (χ4v) is 2.78. The Bertz CT molecular complexity index is 436. The second-order valence-corrected chi connectivity index (χ2v) is 4.92. The average molecular weight is 250 g/mol. The summed E-state index contributed by atoms with van der Waals surface area (Å²) in [6.45, 7) is 0.603. The van der Waals surface area contributed by atoms with Gasteiger partial charge in [-0.25, -0.2) is 4.39 Å². The molecule has 98 valence electrons. The van der Waals surface area contributed by atoms with Crippen molar-refractivity contribution in [3.05, 3.63) is 35.6 Å². The maximum absolute atomic E-state index is 13.1. The van der Waals surface area contributed by atoms with E-state index < -0.39 is 0 Å². The van der Waals surface area contributed by atoms with Crippen LogP contribution in [0.1, 0.15) is 29.6 Å². The topological polar surface area (TPSA) is 46.3 Å². The molecule has 1 aromatic rings. The molecule has 0 spiro atoms. The molecule has 1 aliphatic rings. The van der Waals surface area contributed by atoms with Gasteiger partial charge in [-0.2, -0.15) is 0 Å². The van der Waals surface area contributed by atoms with Crippen molar-refractivity contribution in [2.24, 2.45) is 11.7 Å². The first kappa shape index (κ1) is 13.0. The first-order chi connectivity index (χ1) is 8.63. The molecule has 1 fully saturated rings. The molecule has 0 saturated heterocycles. The zero-order chi connectivity index (χ0) is 13.1. The Morgan fingerprint density at radius 3 is 2.94 bits per heavy atom. The molecule has 0 radical (unpaired) electrons. The van der Waals surface area contributed by atoms with E-state index in [0.29, 0.717) is 18.0 Å². The lowest BCUT2D eigenvalue weighted by atomic mass is 10.0. The van der Waals surface area contributed by atoms with Gasteiger partial charge in [0.2, 0.25) is 0 Å². The van der Waals surface area contributed by atoms with Crippen molar-refractivity contribution in [3.8, 4) is 0 Å². The van der Waals surface area contributed by atoms with Crippen LogP contribution in [0.15, 0.2) is 24.3 Å². The molecule has 2 N–H and O–H groups in total. The lowest BCUT2D eigenvalue weighted by molar-refractivity contribution is 0.0699. The molecule has 2 rings (SSSR count). The molecule has 0 heterocycles. The van der Waals surface area contributed by atoms with Crippen LogP contribution in [-0.2, 0) is 0 Å². The van der Waals surface area contributed by atoms with E-state index in [1.807, 2.05) is 0 Å². The standard InChI is InChI=1S/C14H19FN2O/c1-17(13-7-3-5-11(13)9-16)14(18)10-4-2-6-12(15)8-10/h2,4,6,8,11,13H,3,5,7,9,16H2,1H3. The molecule has 1 saturated carbocycles. The first-order valence-electron chi connectivity index (χ1n) is 6.36. The molecule has 0 aliphatic heterocycles. The van der Waals surface area contributed by atoms with Crippen LogP contribution in [0.2, 0.25) is 0 Å².